The van der Waals surface area contributed by atoms with Crippen molar-refractivity contribution in [1.29, 1.82) is 0 Å². The van der Waals surface area contributed by atoms with E-state index >= 15 is 4.39 Å². The van der Waals surface area contributed by atoms with Crippen molar-refractivity contribution in [1.82, 2.24) is 9.88 Å². The number of hydrogen-bond donors (Lipinski definition) is 2. The van der Waals surface area contributed by atoms with Crippen molar-refractivity contribution in [3.63, 3.8) is 0 Å². The molecule has 40 heavy (non-hydrogen) atoms. The van der Waals surface area contributed by atoms with Crippen LogP contribution in [0.15, 0.2) is 36.7 Å². The third-order valence-electron chi connectivity index (χ3n) is 8.52. The van der Waals surface area contributed by atoms with Crippen LogP contribution >= 0.6 is 0 Å². The highest BCUT2D eigenvalue weighted by Gasteiger charge is 2.75. The molecule has 0 radical (unpaired) electrons. The van der Waals surface area contributed by atoms with Gasteiger partial charge in [-0.3, -0.25) is 9.69 Å². The van der Waals surface area contributed by atoms with Crippen LogP contribution in [0.3, 0.4) is 0 Å². The monoisotopic (exact) mass is 563 g/mol. The topological polar surface area (TPSA) is 79.0 Å². The first-order chi connectivity index (χ1) is 19.1. The third kappa shape index (κ3) is 4.26. The van der Waals surface area contributed by atoms with Crippen molar-refractivity contribution in [3.8, 4) is 0 Å². The van der Waals surface area contributed by atoms with Gasteiger partial charge in [0.05, 0.1) is 61.2 Å². The number of rotatable bonds is 4. The maximum atomic E-state index is 15.4. The van der Waals surface area contributed by atoms with Gasteiger partial charge in [-0.2, -0.15) is 13.2 Å². The lowest BCUT2D eigenvalue weighted by Gasteiger charge is -2.34. The summed E-state index contributed by atoms with van der Waals surface area (Å²) in [6.45, 7) is -0.449. The van der Waals surface area contributed by atoms with Gasteiger partial charge in [-0.1, -0.05) is 0 Å². The summed E-state index contributed by atoms with van der Waals surface area (Å²) in [6.07, 6.45) is 0.589. The summed E-state index contributed by atoms with van der Waals surface area (Å²) in [4.78, 5) is 20.7. The number of anilines is 4. The van der Waals surface area contributed by atoms with E-state index < -0.39 is 35.9 Å². The van der Waals surface area contributed by atoms with E-state index in [1.165, 1.54) is 28.0 Å². The Balaban J connectivity index is 1.18. The molecule has 2 aromatic rings. The number of piperidine rings is 1. The molecule has 2 N–H and O–H groups in total. The number of nitrogens with zero attached hydrogens (tertiary/aromatic N) is 3. The Morgan fingerprint density at radius 1 is 1.20 bits per heavy atom. The van der Waals surface area contributed by atoms with Crippen molar-refractivity contribution < 1.29 is 36.2 Å². The summed E-state index contributed by atoms with van der Waals surface area (Å²) in [5, 5.41) is 6.26. The molecule has 7 rings (SSSR count). The largest absolute Gasteiger partial charge is 0.494 e. The molecule has 4 atom stereocenters. The Kier molecular flexibility index (Phi) is 5.76. The molecule has 2 saturated heterocycles. The lowest BCUT2D eigenvalue weighted by molar-refractivity contribution is -0.149. The lowest BCUT2D eigenvalue weighted by Crippen LogP contribution is -2.45. The Labute approximate surface area is 226 Å². The normalized spacial score (nSPS) is 29.0. The summed E-state index contributed by atoms with van der Waals surface area (Å²) in [6, 6.07) is 3.85. The molecule has 4 aliphatic heterocycles. The molecule has 1 saturated carbocycles. The number of likely N-dealkylation sites (tertiary alicyclic amines) is 1. The number of amides is 1. The molecule has 1 aliphatic carbocycles. The molecule has 1 amide bonds. The fourth-order valence-corrected chi connectivity index (χ4v) is 6.53. The van der Waals surface area contributed by atoms with Crippen LogP contribution in [-0.2, 0) is 20.8 Å². The van der Waals surface area contributed by atoms with Gasteiger partial charge in [-0.05, 0) is 44.1 Å². The first-order valence-corrected chi connectivity index (χ1v) is 13.2. The molecule has 1 aromatic carbocycles. The SMILES string of the molecule is O=C(C1CCN(CC(F)(F)F)CC1)N1Cc2cc(F)cnc2Nc2cc(F)c(N[C@@H]3COC45C=CO[C@@H]4C35)cc21. The quantitative estimate of drug-likeness (QED) is 0.537. The number of benzene rings is 1. The van der Waals surface area contributed by atoms with Crippen LogP contribution in [0, 0.1) is 23.5 Å². The molecule has 3 fully saturated rings. The minimum Gasteiger partial charge on any atom is -0.494 e. The smallest absolute Gasteiger partial charge is 0.401 e. The summed E-state index contributed by atoms with van der Waals surface area (Å²) in [7, 11) is 0. The number of halogens is 5. The highest BCUT2D eigenvalue weighted by Crippen LogP contribution is 2.60. The highest BCUT2D eigenvalue weighted by molar-refractivity contribution is 6.00. The van der Waals surface area contributed by atoms with Crippen LogP contribution in [0.25, 0.3) is 0 Å². The fraction of sp³-hybridized carbons (Fsp3) is 0.481. The Morgan fingerprint density at radius 3 is 2.75 bits per heavy atom. The van der Waals surface area contributed by atoms with Gasteiger partial charge in [0.25, 0.3) is 0 Å². The molecular formula is C27H26F5N5O3. The molecule has 2 unspecified atom stereocenters. The van der Waals surface area contributed by atoms with E-state index in [0.29, 0.717) is 23.7 Å². The second kappa shape index (κ2) is 9.03. The predicted octanol–water partition coefficient (Wildman–Crippen LogP) is 4.32. The number of carbonyl (C=O) groups is 1. The van der Waals surface area contributed by atoms with Gasteiger partial charge < -0.3 is 25.0 Å². The molecular weight excluding hydrogens is 537 g/mol. The van der Waals surface area contributed by atoms with Gasteiger partial charge in [0.2, 0.25) is 5.91 Å². The minimum atomic E-state index is -4.31. The number of pyridine rings is 1. The maximum Gasteiger partial charge on any atom is 0.401 e. The van der Waals surface area contributed by atoms with Crippen LogP contribution < -0.4 is 15.5 Å². The third-order valence-corrected chi connectivity index (χ3v) is 8.52. The molecule has 0 bridgehead atoms. The van der Waals surface area contributed by atoms with Crippen molar-refractivity contribution in [3.05, 3.63) is 53.9 Å². The van der Waals surface area contributed by atoms with E-state index in [9.17, 15) is 22.4 Å². The van der Waals surface area contributed by atoms with E-state index in [0.717, 1.165) is 6.20 Å². The average molecular weight is 564 g/mol. The number of aromatic nitrogens is 1. The van der Waals surface area contributed by atoms with E-state index in [1.54, 1.807) is 6.26 Å². The highest BCUT2D eigenvalue weighted by atomic mass is 19.4. The standard InChI is InChI=1S/C27H26F5N5O3/c28-16-7-15-11-37(25(38)14-1-4-36(5-2-14)13-27(30,31)32)21-9-18(17(29)8-19(21)35-24(15)33-10-16)34-20-12-40-26-3-6-39-23(26)22(20)26/h3,6-10,14,20,22-23,34H,1-2,4-5,11-13H2,(H,33,35)/t20-,22?,23-,26?/m1/s1. The number of alkyl halides is 3. The molecule has 1 aromatic heterocycles. The average Bonchev–Trinajstić information content (AvgIpc) is 3.15. The first-order valence-electron chi connectivity index (χ1n) is 13.2. The zero-order valence-corrected chi connectivity index (χ0v) is 21.2. The van der Waals surface area contributed by atoms with Gasteiger partial charge in [0.15, 0.2) is 0 Å². The summed E-state index contributed by atoms with van der Waals surface area (Å²) < 4.78 is 79.7. The molecule has 1 spiro atoms. The number of ether oxygens (including phenoxy) is 2. The Hall–Kier alpha value is -3.45. The number of carbonyl (C=O) groups excluding carboxylic acids is 1. The minimum absolute atomic E-state index is 0.0323. The van der Waals surface area contributed by atoms with E-state index in [-0.39, 0.29) is 67.8 Å². The lowest BCUT2D eigenvalue weighted by atomic mass is 9.94. The van der Waals surface area contributed by atoms with Crippen molar-refractivity contribution >= 4 is 28.8 Å². The summed E-state index contributed by atoms with van der Waals surface area (Å²) in [5.74, 6) is -1.69. The van der Waals surface area contributed by atoms with E-state index in [2.05, 4.69) is 15.6 Å². The summed E-state index contributed by atoms with van der Waals surface area (Å²) in [5.41, 5.74) is 0.739. The molecule has 5 aliphatic rings. The Bertz CT molecular complexity index is 1400. The zero-order valence-electron chi connectivity index (χ0n) is 21.2. The second-order valence-corrected chi connectivity index (χ2v) is 11.0. The van der Waals surface area contributed by atoms with Gasteiger partial charge in [-0.15, -0.1) is 0 Å². The van der Waals surface area contributed by atoms with Gasteiger partial charge in [0, 0.05) is 17.5 Å². The number of nitrogens with one attached hydrogen (secondary N) is 2. The van der Waals surface area contributed by atoms with Crippen molar-refractivity contribution in [2.75, 3.05) is 41.8 Å². The number of fused-ring (bicyclic) bond motifs is 3. The van der Waals surface area contributed by atoms with Crippen molar-refractivity contribution in [2.24, 2.45) is 11.8 Å². The van der Waals surface area contributed by atoms with E-state index in [4.69, 9.17) is 9.47 Å². The van der Waals surface area contributed by atoms with Gasteiger partial charge in [0.1, 0.15) is 29.2 Å². The van der Waals surface area contributed by atoms with E-state index in [1.807, 2.05) is 6.08 Å². The van der Waals surface area contributed by atoms with Crippen molar-refractivity contribution in [2.45, 2.75) is 43.3 Å². The molecule has 13 heteroatoms. The fourth-order valence-electron chi connectivity index (χ4n) is 6.53. The van der Waals surface area contributed by atoms with Gasteiger partial charge >= 0.3 is 6.18 Å². The number of hydrogen-bond acceptors (Lipinski definition) is 7. The van der Waals surface area contributed by atoms with Crippen LogP contribution in [-0.4, -0.2) is 66.0 Å². The van der Waals surface area contributed by atoms with Gasteiger partial charge in [-0.25, -0.2) is 13.8 Å². The van der Waals surface area contributed by atoms with Crippen LogP contribution in [0.2, 0.25) is 0 Å². The van der Waals surface area contributed by atoms with Crippen LogP contribution in [0.1, 0.15) is 18.4 Å². The summed E-state index contributed by atoms with van der Waals surface area (Å²) >= 11 is 0. The first kappa shape index (κ1) is 25.5. The predicted molar refractivity (Wildman–Crippen MR) is 134 cm³/mol. The van der Waals surface area contributed by atoms with Crippen LogP contribution in [0.5, 0.6) is 0 Å². The van der Waals surface area contributed by atoms with Crippen LogP contribution in [0.4, 0.5) is 44.8 Å². The maximum absolute atomic E-state index is 15.4. The molecule has 212 valence electrons. The Morgan fingerprint density at radius 2 is 2.00 bits per heavy atom. The second-order valence-electron chi connectivity index (χ2n) is 11.0. The zero-order chi connectivity index (χ0) is 27.8. The molecule has 5 heterocycles. The molecule has 8 nitrogen and oxygen atoms in total.